The van der Waals surface area contributed by atoms with Crippen LogP contribution in [-0.2, 0) is 22.7 Å². The van der Waals surface area contributed by atoms with Crippen molar-refractivity contribution in [2.45, 2.75) is 79.6 Å². The van der Waals surface area contributed by atoms with Crippen molar-refractivity contribution >= 4 is 11.8 Å². The summed E-state index contributed by atoms with van der Waals surface area (Å²) in [5.74, 6) is -0.0479. The summed E-state index contributed by atoms with van der Waals surface area (Å²) in [5.41, 5.74) is 3.64. The van der Waals surface area contributed by atoms with Gasteiger partial charge in [0.2, 0.25) is 11.8 Å². The summed E-state index contributed by atoms with van der Waals surface area (Å²) >= 11 is 0. The average Bonchev–Trinajstić information content (AvgIpc) is 3.17. The van der Waals surface area contributed by atoms with E-state index in [1.807, 2.05) is 24.8 Å². The Balaban J connectivity index is 2.21. The highest BCUT2D eigenvalue weighted by molar-refractivity contribution is 5.84. The summed E-state index contributed by atoms with van der Waals surface area (Å²) in [6.07, 6.45) is 3.77. The first-order valence-electron chi connectivity index (χ1n) is 11.0. The third-order valence-corrected chi connectivity index (χ3v) is 6.13. The molecule has 0 unspecified atom stereocenters. The van der Waals surface area contributed by atoms with Crippen LogP contribution in [-0.4, -0.2) is 44.8 Å². The van der Waals surface area contributed by atoms with Crippen molar-refractivity contribution in [3.63, 3.8) is 0 Å². The van der Waals surface area contributed by atoms with E-state index in [0.717, 1.165) is 25.1 Å². The lowest BCUT2D eigenvalue weighted by molar-refractivity contribution is -0.142. The first kappa shape index (κ1) is 23.7. The van der Waals surface area contributed by atoms with Crippen molar-refractivity contribution in [2.75, 3.05) is 6.54 Å². The Labute approximate surface area is 181 Å². The number of nitrogens with zero attached hydrogens (tertiary/aromatic N) is 3. The maximum Gasteiger partial charge on any atom is 0.242 e. The Morgan fingerprint density at radius 1 is 0.967 bits per heavy atom. The average molecular weight is 412 g/mol. The van der Waals surface area contributed by atoms with E-state index in [2.05, 4.69) is 61.9 Å². The number of carbonyl (C=O) groups is 2. The zero-order valence-corrected chi connectivity index (χ0v) is 19.4. The quantitative estimate of drug-likeness (QED) is 0.573. The van der Waals surface area contributed by atoms with Gasteiger partial charge in [-0.3, -0.25) is 9.59 Å². The van der Waals surface area contributed by atoms with Crippen molar-refractivity contribution in [1.29, 1.82) is 0 Å². The number of rotatable bonds is 10. The molecule has 0 bridgehead atoms. The van der Waals surface area contributed by atoms with Crippen molar-refractivity contribution in [1.82, 2.24) is 14.4 Å². The van der Waals surface area contributed by atoms with E-state index in [-0.39, 0.29) is 30.4 Å². The SMILES string of the molecule is CC[C@@H](C)N(CC(=O)N(Cc1cccn1Cc1ccccc1C)[C@@H](C)CC)C(C)=O. The number of aryl methyl sites for hydroxylation is 1. The van der Waals surface area contributed by atoms with Gasteiger partial charge in [0.25, 0.3) is 0 Å². The van der Waals surface area contributed by atoms with E-state index in [0.29, 0.717) is 6.54 Å². The fourth-order valence-corrected chi connectivity index (χ4v) is 3.64. The maximum absolute atomic E-state index is 13.3. The molecule has 0 saturated heterocycles. The third kappa shape index (κ3) is 5.97. The van der Waals surface area contributed by atoms with Crippen molar-refractivity contribution < 1.29 is 9.59 Å². The number of amides is 2. The molecule has 164 valence electrons. The molecule has 30 heavy (non-hydrogen) atoms. The third-order valence-electron chi connectivity index (χ3n) is 6.13. The molecule has 1 aromatic carbocycles. The van der Waals surface area contributed by atoms with Gasteiger partial charge in [-0.2, -0.15) is 0 Å². The van der Waals surface area contributed by atoms with Crippen LogP contribution in [0.4, 0.5) is 0 Å². The molecular formula is C25H37N3O2. The van der Waals surface area contributed by atoms with Gasteiger partial charge in [-0.05, 0) is 56.9 Å². The first-order valence-corrected chi connectivity index (χ1v) is 11.0. The van der Waals surface area contributed by atoms with Crippen LogP contribution in [0.5, 0.6) is 0 Å². The van der Waals surface area contributed by atoms with Crippen LogP contribution in [0, 0.1) is 6.92 Å². The lowest BCUT2D eigenvalue weighted by atomic mass is 10.1. The summed E-state index contributed by atoms with van der Waals surface area (Å²) in [4.78, 5) is 29.0. The molecule has 2 aromatic rings. The van der Waals surface area contributed by atoms with Crippen LogP contribution < -0.4 is 0 Å². The minimum atomic E-state index is -0.0512. The molecule has 1 heterocycles. The zero-order valence-electron chi connectivity index (χ0n) is 19.4. The summed E-state index contributed by atoms with van der Waals surface area (Å²) in [7, 11) is 0. The number of hydrogen-bond donors (Lipinski definition) is 0. The van der Waals surface area contributed by atoms with Crippen LogP contribution >= 0.6 is 0 Å². The fraction of sp³-hybridized carbons (Fsp3) is 0.520. The predicted molar refractivity (Wildman–Crippen MR) is 122 cm³/mol. The summed E-state index contributed by atoms with van der Waals surface area (Å²) in [6.45, 7) is 13.3. The second-order valence-corrected chi connectivity index (χ2v) is 8.24. The molecule has 0 saturated carbocycles. The molecular weight excluding hydrogens is 374 g/mol. The number of hydrogen-bond acceptors (Lipinski definition) is 2. The topological polar surface area (TPSA) is 45.6 Å². The van der Waals surface area contributed by atoms with Crippen LogP contribution in [0.3, 0.4) is 0 Å². The molecule has 0 aliphatic heterocycles. The van der Waals surface area contributed by atoms with Gasteiger partial charge in [-0.15, -0.1) is 0 Å². The minimum Gasteiger partial charge on any atom is -0.345 e. The van der Waals surface area contributed by atoms with E-state index in [4.69, 9.17) is 0 Å². The second kappa shape index (κ2) is 11.0. The molecule has 0 N–H and O–H groups in total. The maximum atomic E-state index is 13.3. The smallest absolute Gasteiger partial charge is 0.242 e. The molecule has 2 atom stereocenters. The predicted octanol–water partition coefficient (Wildman–Crippen LogP) is 4.62. The molecule has 0 aliphatic carbocycles. The Morgan fingerprint density at radius 3 is 2.20 bits per heavy atom. The van der Waals surface area contributed by atoms with Crippen LogP contribution in [0.25, 0.3) is 0 Å². The Morgan fingerprint density at radius 2 is 1.60 bits per heavy atom. The summed E-state index contributed by atoms with van der Waals surface area (Å²) in [6, 6.07) is 12.7. The van der Waals surface area contributed by atoms with Gasteiger partial charge < -0.3 is 14.4 Å². The number of benzene rings is 1. The van der Waals surface area contributed by atoms with Crippen LogP contribution in [0.2, 0.25) is 0 Å². The molecule has 5 heteroatoms. The molecule has 0 spiro atoms. The highest BCUT2D eigenvalue weighted by Gasteiger charge is 2.25. The molecule has 5 nitrogen and oxygen atoms in total. The Kier molecular flexibility index (Phi) is 8.70. The van der Waals surface area contributed by atoms with E-state index in [9.17, 15) is 9.59 Å². The monoisotopic (exact) mass is 411 g/mol. The Bertz CT molecular complexity index is 842. The van der Waals surface area contributed by atoms with Crippen molar-refractivity contribution in [3.05, 3.63) is 59.4 Å². The van der Waals surface area contributed by atoms with E-state index < -0.39 is 0 Å². The molecule has 2 amide bonds. The van der Waals surface area contributed by atoms with Crippen LogP contribution in [0.15, 0.2) is 42.6 Å². The molecule has 0 fully saturated rings. The largest absolute Gasteiger partial charge is 0.345 e. The van der Waals surface area contributed by atoms with Gasteiger partial charge in [0.05, 0.1) is 13.1 Å². The van der Waals surface area contributed by atoms with Gasteiger partial charge in [-0.1, -0.05) is 38.1 Å². The zero-order chi connectivity index (χ0) is 22.3. The van der Waals surface area contributed by atoms with Gasteiger partial charge in [0.1, 0.15) is 0 Å². The lowest BCUT2D eigenvalue weighted by Crippen LogP contribution is -2.48. The Hall–Kier alpha value is -2.56. The minimum absolute atomic E-state index is 0.00323. The van der Waals surface area contributed by atoms with Crippen LogP contribution in [0.1, 0.15) is 64.3 Å². The summed E-state index contributed by atoms with van der Waals surface area (Å²) in [5, 5.41) is 0. The van der Waals surface area contributed by atoms with Crippen molar-refractivity contribution in [3.8, 4) is 0 Å². The van der Waals surface area contributed by atoms with Gasteiger partial charge in [-0.25, -0.2) is 0 Å². The molecule has 1 aromatic heterocycles. The normalized spacial score (nSPS) is 13.0. The van der Waals surface area contributed by atoms with Gasteiger partial charge in [0.15, 0.2) is 0 Å². The summed E-state index contributed by atoms with van der Waals surface area (Å²) < 4.78 is 2.21. The highest BCUT2D eigenvalue weighted by Crippen LogP contribution is 2.17. The van der Waals surface area contributed by atoms with Gasteiger partial charge >= 0.3 is 0 Å². The second-order valence-electron chi connectivity index (χ2n) is 8.24. The van der Waals surface area contributed by atoms with Crippen molar-refractivity contribution in [2.24, 2.45) is 0 Å². The van der Waals surface area contributed by atoms with E-state index in [1.165, 1.54) is 11.1 Å². The standard InChI is InChI=1S/C25H37N3O2/c1-7-20(4)27(22(6)29)18-25(30)28(21(5)8-2)17-24-14-11-15-26(24)16-23-13-10-9-12-19(23)3/h9-15,20-21H,7-8,16-18H2,1-6H3/t20-,21+/m1/s1. The van der Waals surface area contributed by atoms with E-state index in [1.54, 1.807) is 11.8 Å². The molecule has 0 aliphatic rings. The first-order chi connectivity index (χ1) is 14.3. The van der Waals surface area contributed by atoms with Gasteiger partial charge in [0, 0.05) is 37.4 Å². The molecule has 2 rings (SSSR count). The number of carbonyl (C=O) groups excluding carboxylic acids is 2. The lowest BCUT2D eigenvalue weighted by Gasteiger charge is -2.33. The number of aromatic nitrogens is 1. The fourth-order valence-electron chi connectivity index (χ4n) is 3.64. The highest BCUT2D eigenvalue weighted by atomic mass is 16.2. The molecule has 0 radical (unpaired) electrons. The van der Waals surface area contributed by atoms with E-state index >= 15 is 0 Å².